The number of methoxy groups -OCH3 is 2. The standard InChI is InChI=1S/C20H24N2O4/c1-14-9-10-19(26-4)17(13-14)22(15(2)23)12-11-20(24)21-16-7-5-6-8-18(16)25-3/h5-10,13H,11-12H2,1-4H3,(H,21,24). The van der Waals surface area contributed by atoms with Crippen LogP contribution in [-0.2, 0) is 9.59 Å². The summed E-state index contributed by atoms with van der Waals surface area (Å²) in [5.74, 6) is 0.826. The zero-order valence-corrected chi connectivity index (χ0v) is 15.5. The smallest absolute Gasteiger partial charge is 0.226 e. The highest BCUT2D eigenvalue weighted by Gasteiger charge is 2.18. The van der Waals surface area contributed by atoms with Gasteiger partial charge in [0, 0.05) is 19.9 Å². The van der Waals surface area contributed by atoms with Gasteiger partial charge in [0.15, 0.2) is 0 Å². The summed E-state index contributed by atoms with van der Waals surface area (Å²) in [6.07, 6.45) is 0.148. The van der Waals surface area contributed by atoms with Crippen molar-refractivity contribution in [3.63, 3.8) is 0 Å². The van der Waals surface area contributed by atoms with Crippen molar-refractivity contribution in [3.05, 3.63) is 48.0 Å². The van der Waals surface area contributed by atoms with E-state index >= 15 is 0 Å². The van der Waals surface area contributed by atoms with Gasteiger partial charge in [0.05, 0.1) is 25.6 Å². The van der Waals surface area contributed by atoms with Crippen LogP contribution in [-0.4, -0.2) is 32.6 Å². The van der Waals surface area contributed by atoms with Gasteiger partial charge in [-0.15, -0.1) is 0 Å². The van der Waals surface area contributed by atoms with Gasteiger partial charge in [-0.3, -0.25) is 9.59 Å². The molecule has 0 saturated heterocycles. The molecule has 0 heterocycles. The predicted octanol–water partition coefficient (Wildman–Crippen LogP) is 3.39. The number of ether oxygens (including phenoxy) is 2. The Balaban J connectivity index is 2.11. The average Bonchev–Trinajstić information content (AvgIpc) is 2.62. The SMILES string of the molecule is COc1ccccc1NC(=O)CCN(C(C)=O)c1cc(C)ccc1OC. The molecule has 0 fully saturated rings. The quantitative estimate of drug-likeness (QED) is 0.826. The van der Waals surface area contributed by atoms with Crippen molar-refractivity contribution < 1.29 is 19.1 Å². The van der Waals surface area contributed by atoms with E-state index in [2.05, 4.69) is 5.32 Å². The molecule has 0 spiro atoms. The molecule has 0 aliphatic rings. The van der Waals surface area contributed by atoms with Gasteiger partial charge in [-0.2, -0.15) is 0 Å². The van der Waals surface area contributed by atoms with Crippen LogP contribution >= 0.6 is 0 Å². The fourth-order valence-corrected chi connectivity index (χ4v) is 2.63. The Morgan fingerprint density at radius 3 is 2.38 bits per heavy atom. The molecule has 0 atom stereocenters. The number of hydrogen-bond donors (Lipinski definition) is 1. The monoisotopic (exact) mass is 356 g/mol. The third-order valence-electron chi connectivity index (χ3n) is 3.95. The highest BCUT2D eigenvalue weighted by molar-refractivity contribution is 5.96. The topological polar surface area (TPSA) is 67.9 Å². The van der Waals surface area contributed by atoms with Gasteiger partial charge in [0.25, 0.3) is 0 Å². The van der Waals surface area contributed by atoms with Crippen LogP contribution in [0.4, 0.5) is 11.4 Å². The largest absolute Gasteiger partial charge is 0.495 e. The maximum atomic E-state index is 12.3. The lowest BCUT2D eigenvalue weighted by molar-refractivity contribution is -0.117. The third kappa shape index (κ3) is 4.75. The van der Waals surface area contributed by atoms with Gasteiger partial charge in [0.2, 0.25) is 11.8 Å². The normalized spacial score (nSPS) is 10.2. The molecule has 2 rings (SSSR count). The van der Waals surface area contributed by atoms with E-state index in [1.165, 1.54) is 6.92 Å². The number of aryl methyl sites for hydroxylation is 1. The number of amides is 2. The Morgan fingerprint density at radius 1 is 1.04 bits per heavy atom. The molecule has 6 nitrogen and oxygen atoms in total. The molecule has 138 valence electrons. The Kier molecular flexibility index (Phi) is 6.60. The van der Waals surface area contributed by atoms with Gasteiger partial charge in [-0.1, -0.05) is 18.2 Å². The minimum atomic E-state index is -0.202. The van der Waals surface area contributed by atoms with Crippen LogP contribution in [0.1, 0.15) is 18.9 Å². The molecular formula is C20H24N2O4. The summed E-state index contributed by atoms with van der Waals surface area (Å²) in [6, 6.07) is 12.8. The van der Waals surface area contributed by atoms with Gasteiger partial charge in [-0.05, 0) is 36.8 Å². The first-order valence-electron chi connectivity index (χ1n) is 8.32. The molecule has 0 aromatic heterocycles. The van der Waals surface area contributed by atoms with E-state index in [-0.39, 0.29) is 24.8 Å². The van der Waals surface area contributed by atoms with Crippen LogP contribution in [0.2, 0.25) is 0 Å². The maximum absolute atomic E-state index is 12.3. The molecule has 0 bridgehead atoms. The van der Waals surface area contributed by atoms with Crippen LogP contribution < -0.4 is 19.7 Å². The Morgan fingerprint density at radius 2 is 1.73 bits per heavy atom. The number of nitrogens with one attached hydrogen (secondary N) is 1. The Labute approximate surface area is 153 Å². The first kappa shape index (κ1) is 19.3. The van der Waals surface area contributed by atoms with Crippen LogP contribution in [0.3, 0.4) is 0 Å². The molecule has 0 unspecified atom stereocenters. The molecule has 0 aliphatic carbocycles. The number of hydrogen-bond acceptors (Lipinski definition) is 4. The van der Waals surface area contributed by atoms with E-state index in [1.807, 2.05) is 37.3 Å². The van der Waals surface area contributed by atoms with Crippen molar-refractivity contribution in [1.29, 1.82) is 0 Å². The van der Waals surface area contributed by atoms with E-state index < -0.39 is 0 Å². The maximum Gasteiger partial charge on any atom is 0.226 e. The average molecular weight is 356 g/mol. The fraction of sp³-hybridized carbons (Fsp3) is 0.300. The molecular weight excluding hydrogens is 332 g/mol. The summed E-state index contributed by atoms with van der Waals surface area (Å²) in [4.78, 5) is 26.0. The highest BCUT2D eigenvalue weighted by atomic mass is 16.5. The fourth-order valence-electron chi connectivity index (χ4n) is 2.63. The minimum Gasteiger partial charge on any atom is -0.495 e. The first-order chi connectivity index (χ1) is 12.5. The molecule has 1 N–H and O–H groups in total. The second kappa shape index (κ2) is 8.89. The molecule has 26 heavy (non-hydrogen) atoms. The van der Waals surface area contributed by atoms with E-state index in [9.17, 15) is 9.59 Å². The summed E-state index contributed by atoms with van der Waals surface area (Å²) < 4.78 is 10.6. The number of nitrogens with zero attached hydrogens (tertiary/aromatic N) is 1. The number of para-hydroxylation sites is 2. The summed E-state index contributed by atoms with van der Waals surface area (Å²) in [5, 5.41) is 2.81. The number of carbonyl (C=O) groups is 2. The molecule has 0 saturated carbocycles. The van der Waals surface area contributed by atoms with Crippen molar-refractivity contribution in [3.8, 4) is 11.5 Å². The minimum absolute atomic E-state index is 0.148. The van der Waals surface area contributed by atoms with Gasteiger partial charge in [0.1, 0.15) is 11.5 Å². The highest BCUT2D eigenvalue weighted by Crippen LogP contribution is 2.30. The van der Waals surface area contributed by atoms with Crippen LogP contribution in [0.5, 0.6) is 11.5 Å². The number of carbonyl (C=O) groups excluding carboxylic acids is 2. The van der Waals surface area contributed by atoms with E-state index in [1.54, 1.807) is 31.3 Å². The Bertz CT molecular complexity index is 789. The predicted molar refractivity (Wildman–Crippen MR) is 102 cm³/mol. The van der Waals surface area contributed by atoms with Crippen molar-refractivity contribution >= 4 is 23.2 Å². The lowest BCUT2D eigenvalue weighted by Gasteiger charge is -2.23. The summed E-state index contributed by atoms with van der Waals surface area (Å²) in [5.41, 5.74) is 2.26. The van der Waals surface area contributed by atoms with Crippen LogP contribution in [0.25, 0.3) is 0 Å². The summed E-state index contributed by atoms with van der Waals surface area (Å²) >= 11 is 0. The molecule has 0 aliphatic heterocycles. The zero-order chi connectivity index (χ0) is 19.1. The second-order valence-corrected chi connectivity index (χ2v) is 5.84. The molecule has 2 aromatic carbocycles. The van der Waals surface area contributed by atoms with Gasteiger partial charge >= 0.3 is 0 Å². The second-order valence-electron chi connectivity index (χ2n) is 5.84. The van der Waals surface area contributed by atoms with Crippen molar-refractivity contribution in [1.82, 2.24) is 0 Å². The number of benzene rings is 2. The lowest BCUT2D eigenvalue weighted by atomic mass is 10.1. The first-order valence-corrected chi connectivity index (χ1v) is 8.32. The van der Waals surface area contributed by atoms with Gasteiger partial charge < -0.3 is 19.7 Å². The molecule has 2 amide bonds. The number of rotatable bonds is 7. The lowest BCUT2D eigenvalue weighted by Crippen LogP contribution is -2.32. The van der Waals surface area contributed by atoms with Crippen molar-refractivity contribution in [2.75, 3.05) is 31.0 Å². The summed E-state index contributed by atoms with van der Waals surface area (Å²) in [7, 11) is 3.10. The van der Waals surface area contributed by atoms with E-state index in [0.29, 0.717) is 22.9 Å². The molecule has 0 radical (unpaired) electrons. The van der Waals surface area contributed by atoms with Crippen molar-refractivity contribution in [2.45, 2.75) is 20.3 Å². The van der Waals surface area contributed by atoms with Crippen molar-refractivity contribution in [2.24, 2.45) is 0 Å². The third-order valence-corrected chi connectivity index (χ3v) is 3.95. The van der Waals surface area contributed by atoms with Crippen LogP contribution in [0, 0.1) is 6.92 Å². The Hall–Kier alpha value is -3.02. The zero-order valence-electron chi connectivity index (χ0n) is 15.5. The molecule has 2 aromatic rings. The van der Waals surface area contributed by atoms with E-state index in [4.69, 9.17) is 9.47 Å². The summed E-state index contributed by atoms with van der Waals surface area (Å²) in [6.45, 7) is 3.66. The van der Waals surface area contributed by atoms with Gasteiger partial charge in [-0.25, -0.2) is 0 Å². The number of anilines is 2. The van der Waals surface area contributed by atoms with E-state index in [0.717, 1.165) is 5.56 Å². The molecule has 6 heteroatoms. The van der Waals surface area contributed by atoms with Crippen LogP contribution in [0.15, 0.2) is 42.5 Å².